The van der Waals surface area contributed by atoms with Gasteiger partial charge in [0.15, 0.2) is 6.10 Å². The van der Waals surface area contributed by atoms with Gasteiger partial charge < -0.3 is 20.1 Å². The topological polar surface area (TPSA) is 104 Å². The fourth-order valence-corrected chi connectivity index (χ4v) is 1.66. The van der Waals surface area contributed by atoms with E-state index in [2.05, 4.69) is 0 Å². The van der Waals surface area contributed by atoms with E-state index >= 15 is 0 Å². The maximum absolute atomic E-state index is 10.8. The monoisotopic (exact) mass is 254 g/mol. The van der Waals surface area contributed by atoms with Gasteiger partial charge in [-0.15, -0.1) is 0 Å². The van der Waals surface area contributed by atoms with Gasteiger partial charge >= 0.3 is 11.9 Å². The van der Waals surface area contributed by atoms with Crippen LogP contribution in [-0.2, 0) is 16.0 Å². The molecule has 0 aliphatic heterocycles. The lowest BCUT2D eigenvalue weighted by Gasteiger charge is -2.15. The van der Waals surface area contributed by atoms with Crippen molar-refractivity contribution in [3.63, 3.8) is 0 Å². The van der Waals surface area contributed by atoms with E-state index in [0.29, 0.717) is 11.3 Å². The molecule has 6 heteroatoms. The van der Waals surface area contributed by atoms with Gasteiger partial charge in [0, 0.05) is 12.0 Å². The molecule has 0 fully saturated rings. The van der Waals surface area contributed by atoms with Crippen LogP contribution in [0, 0.1) is 0 Å². The molecule has 3 N–H and O–H groups in total. The molecule has 0 aliphatic carbocycles. The third-order valence-electron chi connectivity index (χ3n) is 2.51. The SMILES string of the molecule is COc1cccc(C(O)C(=O)O)c1CCC(=O)O. The predicted molar refractivity (Wildman–Crippen MR) is 61.5 cm³/mol. The zero-order chi connectivity index (χ0) is 13.7. The van der Waals surface area contributed by atoms with Crippen molar-refractivity contribution in [2.24, 2.45) is 0 Å². The van der Waals surface area contributed by atoms with Crippen LogP contribution in [0.25, 0.3) is 0 Å². The molecule has 0 saturated heterocycles. The van der Waals surface area contributed by atoms with E-state index in [9.17, 15) is 14.7 Å². The molecule has 0 saturated carbocycles. The molecular formula is C12H14O6. The molecule has 1 aromatic rings. The van der Waals surface area contributed by atoms with Crippen LogP contribution in [0.5, 0.6) is 5.75 Å². The molecule has 0 bridgehead atoms. The number of methoxy groups -OCH3 is 1. The molecule has 0 aliphatic rings. The van der Waals surface area contributed by atoms with Crippen LogP contribution in [-0.4, -0.2) is 34.4 Å². The molecule has 1 unspecified atom stereocenters. The highest BCUT2D eigenvalue weighted by Crippen LogP contribution is 2.28. The van der Waals surface area contributed by atoms with Crippen LogP contribution < -0.4 is 4.74 Å². The first kappa shape index (κ1) is 14.0. The van der Waals surface area contributed by atoms with Gasteiger partial charge in [-0.1, -0.05) is 12.1 Å². The highest BCUT2D eigenvalue weighted by Gasteiger charge is 2.22. The number of aliphatic hydroxyl groups is 1. The second kappa shape index (κ2) is 6.02. The van der Waals surface area contributed by atoms with E-state index in [1.807, 2.05) is 0 Å². The zero-order valence-corrected chi connectivity index (χ0v) is 9.79. The summed E-state index contributed by atoms with van der Waals surface area (Å²) in [4.78, 5) is 21.4. The molecule has 1 atom stereocenters. The van der Waals surface area contributed by atoms with Crippen LogP contribution >= 0.6 is 0 Å². The molecule has 6 nitrogen and oxygen atoms in total. The Kier molecular flexibility index (Phi) is 4.67. The van der Waals surface area contributed by atoms with Crippen LogP contribution in [0.2, 0.25) is 0 Å². The Morgan fingerprint density at radius 3 is 2.50 bits per heavy atom. The van der Waals surface area contributed by atoms with Crippen LogP contribution in [0.4, 0.5) is 0 Å². The van der Waals surface area contributed by atoms with Crippen molar-refractivity contribution in [2.45, 2.75) is 18.9 Å². The van der Waals surface area contributed by atoms with Crippen molar-refractivity contribution in [3.05, 3.63) is 29.3 Å². The van der Waals surface area contributed by atoms with Gasteiger partial charge in [-0.2, -0.15) is 0 Å². The fourth-order valence-electron chi connectivity index (χ4n) is 1.66. The van der Waals surface area contributed by atoms with Crippen molar-refractivity contribution < 1.29 is 29.6 Å². The lowest BCUT2D eigenvalue weighted by Crippen LogP contribution is -2.14. The highest BCUT2D eigenvalue weighted by atomic mass is 16.5. The lowest BCUT2D eigenvalue weighted by molar-refractivity contribution is -0.147. The number of rotatable bonds is 6. The van der Waals surface area contributed by atoms with Gasteiger partial charge in [0.25, 0.3) is 0 Å². The Morgan fingerprint density at radius 1 is 1.33 bits per heavy atom. The van der Waals surface area contributed by atoms with Crippen molar-refractivity contribution in [2.75, 3.05) is 7.11 Å². The third-order valence-corrected chi connectivity index (χ3v) is 2.51. The molecule has 0 amide bonds. The van der Waals surface area contributed by atoms with Crippen molar-refractivity contribution >= 4 is 11.9 Å². The van der Waals surface area contributed by atoms with Crippen molar-refractivity contribution in [1.82, 2.24) is 0 Å². The number of carboxylic acid groups (broad SMARTS) is 2. The standard InChI is InChI=1S/C12H14O6/c1-18-9-4-2-3-8(11(15)12(16)17)7(9)5-6-10(13)14/h2-4,11,15H,5-6H2,1H3,(H,13,14)(H,16,17). The van der Waals surface area contributed by atoms with E-state index in [-0.39, 0.29) is 18.4 Å². The fraction of sp³-hybridized carbons (Fsp3) is 0.333. The summed E-state index contributed by atoms with van der Waals surface area (Å²) in [6.07, 6.45) is -1.76. The Hall–Kier alpha value is -2.08. The van der Waals surface area contributed by atoms with Gasteiger partial charge in [0.2, 0.25) is 0 Å². The number of hydrogen-bond donors (Lipinski definition) is 3. The Balaban J connectivity index is 3.15. The molecule has 0 radical (unpaired) electrons. The molecule has 0 heterocycles. The largest absolute Gasteiger partial charge is 0.496 e. The number of aliphatic carboxylic acids is 2. The second-order valence-electron chi connectivity index (χ2n) is 3.66. The smallest absolute Gasteiger partial charge is 0.337 e. The van der Waals surface area contributed by atoms with Gasteiger partial charge in [0.1, 0.15) is 5.75 Å². The summed E-state index contributed by atoms with van der Waals surface area (Å²) in [6, 6.07) is 4.58. The first-order valence-electron chi connectivity index (χ1n) is 5.25. The third kappa shape index (κ3) is 3.21. The van der Waals surface area contributed by atoms with E-state index in [1.54, 1.807) is 12.1 Å². The van der Waals surface area contributed by atoms with Gasteiger partial charge in [0.05, 0.1) is 7.11 Å². The van der Waals surface area contributed by atoms with Gasteiger partial charge in [-0.3, -0.25) is 4.79 Å². The molecule has 18 heavy (non-hydrogen) atoms. The number of carboxylic acids is 2. The number of ether oxygens (including phenoxy) is 1. The number of carbonyl (C=O) groups is 2. The average molecular weight is 254 g/mol. The minimum Gasteiger partial charge on any atom is -0.496 e. The lowest BCUT2D eigenvalue weighted by atomic mass is 9.97. The molecule has 98 valence electrons. The van der Waals surface area contributed by atoms with Crippen LogP contribution in [0.15, 0.2) is 18.2 Å². The number of aliphatic hydroxyl groups excluding tert-OH is 1. The van der Waals surface area contributed by atoms with Crippen molar-refractivity contribution in [3.8, 4) is 5.75 Å². The molecule has 0 aromatic heterocycles. The zero-order valence-electron chi connectivity index (χ0n) is 9.79. The summed E-state index contributed by atoms with van der Waals surface area (Å²) >= 11 is 0. The normalized spacial score (nSPS) is 11.9. The second-order valence-corrected chi connectivity index (χ2v) is 3.66. The summed E-state index contributed by atoms with van der Waals surface area (Å²) in [5, 5.41) is 27.0. The average Bonchev–Trinajstić information content (AvgIpc) is 2.34. The molecule has 0 spiro atoms. The summed E-state index contributed by atoms with van der Waals surface area (Å²) in [5.41, 5.74) is 0.556. The highest BCUT2D eigenvalue weighted by molar-refractivity contribution is 5.75. The first-order chi connectivity index (χ1) is 8.47. The minimum absolute atomic E-state index is 0.0962. The number of hydrogen-bond acceptors (Lipinski definition) is 4. The van der Waals surface area contributed by atoms with Gasteiger partial charge in [-0.25, -0.2) is 4.79 Å². The maximum atomic E-state index is 10.8. The Labute approximate surface area is 103 Å². The maximum Gasteiger partial charge on any atom is 0.337 e. The van der Waals surface area contributed by atoms with Crippen molar-refractivity contribution in [1.29, 1.82) is 0 Å². The van der Waals surface area contributed by atoms with Gasteiger partial charge in [-0.05, 0) is 18.1 Å². The van der Waals surface area contributed by atoms with E-state index in [0.717, 1.165) is 0 Å². The van der Waals surface area contributed by atoms with Crippen LogP contribution in [0.1, 0.15) is 23.7 Å². The summed E-state index contributed by atoms with van der Waals surface area (Å²) in [6.45, 7) is 0. The Bertz CT molecular complexity index is 454. The minimum atomic E-state index is -1.69. The Morgan fingerprint density at radius 2 is 2.00 bits per heavy atom. The first-order valence-corrected chi connectivity index (χ1v) is 5.25. The van der Waals surface area contributed by atoms with E-state index < -0.39 is 18.0 Å². The predicted octanol–water partition coefficient (Wildman–Crippen LogP) is 0.830. The summed E-state index contributed by atoms with van der Waals surface area (Å²) in [5.74, 6) is -2.02. The number of benzene rings is 1. The van der Waals surface area contributed by atoms with E-state index in [1.165, 1.54) is 13.2 Å². The molecular weight excluding hydrogens is 240 g/mol. The summed E-state index contributed by atoms with van der Waals surface area (Å²) < 4.78 is 5.05. The summed E-state index contributed by atoms with van der Waals surface area (Å²) in [7, 11) is 1.40. The quantitative estimate of drug-likeness (QED) is 0.694. The van der Waals surface area contributed by atoms with E-state index in [4.69, 9.17) is 14.9 Å². The van der Waals surface area contributed by atoms with Crippen LogP contribution in [0.3, 0.4) is 0 Å². The molecule has 1 rings (SSSR count). The molecule has 1 aromatic carbocycles.